The molecule has 0 saturated carbocycles. The minimum Gasteiger partial charge on any atom is -0.327 e. The van der Waals surface area contributed by atoms with Crippen molar-refractivity contribution < 1.29 is 22.8 Å². The minimum absolute atomic E-state index is 0.0386. The van der Waals surface area contributed by atoms with Crippen LogP contribution in [0.15, 0.2) is 59.8 Å². The first-order valence-electron chi connectivity index (χ1n) is 8.46. The molecule has 6 nitrogen and oxygen atoms in total. The Morgan fingerprint density at radius 1 is 1.17 bits per heavy atom. The van der Waals surface area contributed by atoms with Crippen LogP contribution in [0.1, 0.15) is 29.7 Å². The van der Waals surface area contributed by atoms with Crippen LogP contribution in [-0.2, 0) is 11.0 Å². The van der Waals surface area contributed by atoms with E-state index in [-0.39, 0.29) is 11.3 Å². The lowest BCUT2D eigenvalue weighted by atomic mass is 9.93. The van der Waals surface area contributed by atoms with Crippen LogP contribution >= 0.6 is 0 Å². The number of nitriles is 1. The molecule has 1 heterocycles. The summed E-state index contributed by atoms with van der Waals surface area (Å²) in [6.07, 6.45) is -4.65. The lowest BCUT2D eigenvalue weighted by molar-refractivity contribution is -0.137. The maximum Gasteiger partial charge on any atom is 0.418 e. The summed E-state index contributed by atoms with van der Waals surface area (Å²) >= 11 is 0. The van der Waals surface area contributed by atoms with Crippen molar-refractivity contribution in [3.8, 4) is 6.07 Å². The molecule has 2 aromatic carbocycles. The van der Waals surface area contributed by atoms with E-state index in [9.17, 15) is 22.8 Å². The average Bonchev–Trinajstić information content (AvgIpc) is 2.67. The second-order valence-corrected chi connectivity index (χ2v) is 6.30. The fourth-order valence-corrected chi connectivity index (χ4v) is 3.06. The summed E-state index contributed by atoms with van der Waals surface area (Å²) in [6.45, 7) is 1.48. The lowest BCUT2D eigenvalue weighted by Gasteiger charge is -2.29. The molecule has 29 heavy (non-hydrogen) atoms. The Morgan fingerprint density at radius 2 is 1.90 bits per heavy atom. The topological polar surface area (TPSA) is 94.0 Å². The fourth-order valence-electron chi connectivity index (χ4n) is 3.06. The molecule has 0 bridgehead atoms. The second kappa shape index (κ2) is 7.67. The van der Waals surface area contributed by atoms with Gasteiger partial charge < -0.3 is 16.0 Å². The summed E-state index contributed by atoms with van der Waals surface area (Å²) in [5.41, 5.74) is -0.378. The number of allylic oxidation sites excluding steroid dienone is 1. The van der Waals surface area contributed by atoms with Crippen molar-refractivity contribution in [3.05, 3.63) is 76.5 Å². The standard InChI is InChI=1S/C20H15F3N4O2/c1-11-16(18(28)26-15-8-3-2-7-14(15)20(21,22)23)17(27-19(29)25-11)13-6-4-5-12(9-13)10-24/h2-9,17H,1H3,(H,26,28)(H2,25,27,29)/t17-/m0/s1. The summed E-state index contributed by atoms with van der Waals surface area (Å²) in [7, 11) is 0. The SMILES string of the molecule is CC1=C(C(=O)Nc2ccccc2C(F)(F)F)[C@H](c2cccc(C#N)c2)NC(=O)N1. The molecule has 0 spiro atoms. The average molecular weight is 400 g/mol. The van der Waals surface area contributed by atoms with Gasteiger partial charge in [-0.15, -0.1) is 0 Å². The Kier molecular flexibility index (Phi) is 5.28. The summed E-state index contributed by atoms with van der Waals surface area (Å²) < 4.78 is 39.7. The van der Waals surface area contributed by atoms with Crippen LogP contribution in [0.3, 0.4) is 0 Å². The Labute approximate surface area is 164 Å². The number of halogens is 3. The molecule has 2 aromatic rings. The summed E-state index contributed by atoms with van der Waals surface area (Å²) in [4.78, 5) is 24.8. The van der Waals surface area contributed by atoms with Crippen LogP contribution in [0, 0.1) is 11.3 Å². The Hall–Kier alpha value is -3.80. The molecule has 3 amide bonds. The first-order chi connectivity index (χ1) is 13.7. The number of rotatable bonds is 3. The lowest BCUT2D eigenvalue weighted by Crippen LogP contribution is -2.46. The molecule has 3 N–H and O–H groups in total. The maximum atomic E-state index is 13.2. The number of carbonyl (C=O) groups excluding carboxylic acids is 2. The first kappa shape index (κ1) is 19.9. The number of alkyl halides is 3. The molecule has 1 atom stereocenters. The molecule has 9 heteroatoms. The monoisotopic (exact) mass is 400 g/mol. The zero-order chi connectivity index (χ0) is 21.2. The van der Waals surface area contributed by atoms with Gasteiger partial charge in [-0.25, -0.2) is 4.79 Å². The van der Waals surface area contributed by atoms with Crippen molar-refractivity contribution in [2.24, 2.45) is 0 Å². The minimum atomic E-state index is -4.65. The van der Waals surface area contributed by atoms with Crippen molar-refractivity contribution in [1.82, 2.24) is 10.6 Å². The van der Waals surface area contributed by atoms with Gasteiger partial charge in [0.1, 0.15) is 0 Å². The van der Waals surface area contributed by atoms with Crippen LogP contribution in [0.2, 0.25) is 0 Å². The van der Waals surface area contributed by atoms with Crippen molar-refractivity contribution in [3.63, 3.8) is 0 Å². The predicted octanol–water partition coefficient (Wildman–Crippen LogP) is 3.84. The third kappa shape index (κ3) is 4.21. The number of benzene rings is 2. The van der Waals surface area contributed by atoms with E-state index in [1.165, 1.54) is 25.1 Å². The van der Waals surface area contributed by atoms with Crippen LogP contribution in [0.4, 0.5) is 23.7 Å². The van der Waals surface area contributed by atoms with Gasteiger partial charge in [-0.05, 0) is 36.8 Å². The number of para-hydroxylation sites is 1. The quantitative estimate of drug-likeness (QED) is 0.731. The number of hydrogen-bond donors (Lipinski definition) is 3. The van der Waals surface area contributed by atoms with Gasteiger partial charge >= 0.3 is 12.2 Å². The number of nitrogens with one attached hydrogen (secondary N) is 3. The molecular formula is C20H15F3N4O2. The van der Waals surface area contributed by atoms with Gasteiger partial charge in [0, 0.05) is 5.70 Å². The maximum absolute atomic E-state index is 13.2. The first-order valence-corrected chi connectivity index (χ1v) is 8.46. The molecule has 0 unspecified atom stereocenters. The van der Waals surface area contributed by atoms with Gasteiger partial charge in [0.25, 0.3) is 5.91 Å². The number of hydrogen-bond acceptors (Lipinski definition) is 3. The van der Waals surface area contributed by atoms with E-state index in [2.05, 4.69) is 16.0 Å². The smallest absolute Gasteiger partial charge is 0.327 e. The van der Waals surface area contributed by atoms with Gasteiger partial charge in [0.2, 0.25) is 0 Å². The number of nitrogens with zero attached hydrogens (tertiary/aromatic N) is 1. The van der Waals surface area contributed by atoms with Crippen LogP contribution in [0.5, 0.6) is 0 Å². The van der Waals surface area contributed by atoms with E-state index >= 15 is 0 Å². The van der Waals surface area contributed by atoms with Gasteiger partial charge in [0.15, 0.2) is 0 Å². The van der Waals surface area contributed by atoms with Crippen molar-refractivity contribution >= 4 is 17.6 Å². The normalized spacial score (nSPS) is 16.5. The van der Waals surface area contributed by atoms with E-state index < -0.39 is 35.4 Å². The van der Waals surface area contributed by atoms with E-state index in [1.54, 1.807) is 18.2 Å². The van der Waals surface area contributed by atoms with Gasteiger partial charge in [-0.1, -0.05) is 24.3 Å². The molecule has 148 valence electrons. The van der Waals surface area contributed by atoms with Crippen LogP contribution in [0.25, 0.3) is 0 Å². The molecule has 0 fully saturated rings. The highest BCUT2D eigenvalue weighted by Crippen LogP contribution is 2.35. The largest absolute Gasteiger partial charge is 0.418 e. The van der Waals surface area contributed by atoms with Crippen molar-refractivity contribution in [2.75, 3.05) is 5.32 Å². The molecular weight excluding hydrogens is 385 g/mol. The zero-order valence-corrected chi connectivity index (χ0v) is 15.1. The summed E-state index contributed by atoms with van der Waals surface area (Å²) in [6, 6.07) is 11.3. The highest BCUT2D eigenvalue weighted by Gasteiger charge is 2.35. The molecule has 0 radical (unpaired) electrons. The zero-order valence-electron chi connectivity index (χ0n) is 15.1. The highest BCUT2D eigenvalue weighted by atomic mass is 19.4. The number of carbonyl (C=O) groups is 2. The molecule has 1 aliphatic heterocycles. The van der Waals surface area contributed by atoms with Gasteiger partial charge in [0.05, 0.1) is 34.5 Å². The number of anilines is 1. The Balaban J connectivity index is 2.00. The molecule has 1 aliphatic rings. The summed E-state index contributed by atoms with van der Waals surface area (Å²) in [5.74, 6) is -0.806. The van der Waals surface area contributed by atoms with E-state index in [0.29, 0.717) is 11.1 Å². The van der Waals surface area contributed by atoms with Crippen molar-refractivity contribution in [1.29, 1.82) is 5.26 Å². The van der Waals surface area contributed by atoms with E-state index in [0.717, 1.165) is 12.1 Å². The third-order valence-corrected chi connectivity index (χ3v) is 4.34. The van der Waals surface area contributed by atoms with Crippen LogP contribution < -0.4 is 16.0 Å². The van der Waals surface area contributed by atoms with Gasteiger partial charge in [-0.2, -0.15) is 18.4 Å². The summed E-state index contributed by atoms with van der Waals surface area (Å²) in [5, 5.41) is 16.4. The number of amides is 3. The molecule has 0 aliphatic carbocycles. The van der Waals surface area contributed by atoms with Gasteiger partial charge in [-0.3, -0.25) is 4.79 Å². The Morgan fingerprint density at radius 3 is 2.59 bits per heavy atom. The number of urea groups is 1. The van der Waals surface area contributed by atoms with E-state index in [4.69, 9.17) is 5.26 Å². The van der Waals surface area contributed by atoms with Crippen LogP contribution in [-0.4, -0.2) is 11.9 Å². The molecule has 0 saturated heterocycles. The second-order valence-electron chi connectivity index (χ2n) is 6.30. The highest BCUT2D eigenvalue weighted by molar-refractivity contribution is 6.07. The predicted molar refractivity (Wildman–Crippen MR) is 98.3 cm³/mol. The fraction of sp³-hybridized carbons (Fsp3) is 0.150. The molecule has 3 rings (SSSR count). The molecule has 0 aromatic heterocycles. The Bertz CT molecular complexity index is 1050. The third-order valence-electron chi connectivity index (χ3n) is 4.34. The van der Waals surface area contributed by atoms with E-state index in [1.807, 2.05) is 6.07 Å². The van der Waals surface area contributed by atoms with Crippen molar-refractivity contribution in [2.45, 2.75) is 19.1 Å².